The molecule has 0 atom stereocenters. The average Bonchev–Trinajstić information content (AvgIpc) is 2.69. The summed E-state index contributed by atoms with van der Waals surface area (Å²) in [6.07, 6.45) is 1.58. The van der Waals surface area contributed by atoms with Crippen molar-refractivity contribution < 1.29 is 9.13 Å². The van der Waals surface area contributed by atoms with Crippen LogP contribution in [-0.2, 0) is 6.54 Å². The third-order valence-corrected chi connectivity index (χ3v) is 1.94. The van der Waals surface area contributed by atoms with Crippen LogP contribution in [0, 0.1) is 5.82 Å². The van der Waals surface area contributed by atoms with Crippen LogP contribution in [-0.4, -0.2) is 14.8 Å². The van der Waals surface area contributed by atoms with Crippen molar-refractivity contribution in [1.29, 1.82) is 0 Å². The highest BCUT2D eigenvalue weighted by atomic mass is 19.1. The quantitative estimate of drug-likeness (QED) is 0.774. The van der Waals surface area contributed by atoms with Crippen LogP contribution in [0.3, 0.4) is 0 Å². The Hall–Kier alpha value is -1.91. The molecule has 0 radical (unpaired) electrons. The van der Waals surface area contributed by atoms with Gasteiger partial charge in [0.1, 0.15) is 17.9 Å². The lowest BCUT2D eigenvalue weighted by atomic mass is 10.3. The standard InChI is InChI=1S/C10H10FN3O/c1-2-14-7-12-13-10(14)15-9-5-3-8(11)4-6-9/h3-7H,2H2,1H3. The fourth-order valence-electron chi connectivity index (χ4n) is 1.15. The Labute approximate surface area is 86.3 Å². The topological polar surface area (TPSA) is 39.9 Å². The summed E-state index contributed by atoms with van der Waals surface area (Å²) in [7, 11) is 0. The predicted molar refractivity (Wildman–Crippen MR) is 52.2 cm³/mol. The van der Waals surface area contributed by atoms with Crippen molar-refractivity contribution in [1.82, 2.24) is 14.8 Å². The molecule has 78 valence electrons. The summed E-state index contributed by atoms with van der Waals surface area (Å²) in [6.45, 7) is 2.68. The first-order valence-corrected chi connectivity index (χ1v) is 4.61. The van der Waals surface area contributed by atoms with Crippen molar-refractivity contribution >= 4 is 0 Å². The van der Waals surface area contributed by atoms with Crippen molar-refractivity contribution in [3.05, 3.63) is 36.4 Å². The lowest BCUT2D eigenvalue weighted by Crippen LogP contribution is -1.97. The second-order valence-electron chi connectivity index (χ2n) is 2.96. The van der Waals surface area contributed by atoms with Crippen LogP contribution in [0.15, 0.2) is 30.6 Å². The molecule has 2 aromatic rings. The number of halogens is 1. The maximum atomic E-state index is 12.6. The minimum atomic E-state index is -0.292. The van der Waals surface area contributed by atoms with Gasteiger partial charge in [-0.2, -0.15) is 0 Å². The summed E-state index contributed by atoms with van der Waals surface area (Å²) in [5, 5.41) is 7.52. The molecule has 0 N–H and O–H groups in total. The van der Waals surface area contributed by atoms with Crippen LogP contribution in [0.25, 0.3) is 0 Å². The number of hydrogen-bond acceptors (Lipinski definition) is 3. The molecule has 2 rings (SSSR count). The predicted octanol–water partition coefficient (Wildman–Crippen LogP) is 2.23. The van der Waals surface area contributed by atoms with E-state index in [0.29, 0.717) is 11.8 Å². The van der Waals surface area contributed by atoms with Crippen LogP contribution >= 0.6 is 0 Å². The van der Waals surface area contributed by atoms with Crippen LogP contribution in [0.5, 0.6) is 11.8 Å². The monoisotopic (exact) mass is 207 g/mol. The van der Waals surface area contributed by atoms with Gasteiger partial charge in [-0.05, 0) is 31.2 Å². The molecule has 0 spiro atoms. The summed E-state index contributed by atoms with van der Waals surface area (Å²) < 4.78 is 19.8. The first kappa shape index (κ1) is 9.64. The molecule has 1 heterocycles. The van der Waals surface area contributed by atoms with E-state index < -0.39 is 0 Å². The summed E-state index contributed by atoms with van der Waals surface area (Å²) in [5.41, 5.74) is 0. The van der Waals surface area contributed by atoms with E-state index in [4.69, 9.17) is 4.74 Å². The van der Waals surface area contributed by atoms with Gasteiger partial charge in [-0.1, -0.05) is 5.10 Å². The molecule has 0 aliphatic rings. The van der Waals surface area contributed by atoms with E-state index in [0.717, 1.165) is 6.54 Å². The zero-order chi connectivity index (χ0) is 10.7. The number of ether oxygens (including phenoxy) is 1. The molecular formula is C10H10FN3O. The number of benzene rings is 1. The van der Waals surface area contributed by atoms with Crippen molar-refractivity contribution in [2.24, 2.45) is 0 Å². The first-order valence-electron chi connectivity index (χ1n) is 4.61. The van der Waals surface area contributed by atoms with Crippen LogP contribution < -0.4 is 4.74 Å². The highest BCUT2D eigenvalue weighted by Gasteiger charge is 2.04. The van der Waals surface area contributed by atoms with E-state index >= 15 is 0 Å². The van der Waals surface area contributed by atoms with Crippen molar-refractivity contribution in [3.8, 4) is 11.8 Å². The maximum absolute atomic E-state index is 12.6. The van der Waals surface area contributed by atoms with E-state index in [1.807, 2.05) is 6.92 Å². The van der Waals surface area contributed by atoms with Crippen LogP contribution in [0.4, 0.5) is 4.39 Å². The number of rotatable bonds is 3. The Morgan fingerprint density at radius 1 is 1.33 bits per heavy atom. The molecule has 0 aliphatic heterocycles. The van der Waals surface area contributed by atoms with Crippen molar-refractivity contribution in [2.45, 2.75) is 13.5 Å². The molecule has 5 heteroatoms. The lowest BCUT2D eigenvalue weighted by molar-refractivity contribution is 0.412. The van der Waals surface area contributed by atoms with Gasteiger partial charge in [0.15, 0.2) is 0 Å². The zero-order valence-corrected chi connectivity index (χ0v) is 8.22. The molecule has 0 unspecified atom stereocenters. The average molecular weight is 207 g/mol. The molecule has 0 bridgehead atoms. The van der Waals surface area contributed by atoms with Gasteiger partial charge in [0.05, 0.1) is 0 Å². The molecule has 1 aromatic carbocycles. The summed E-state index contributed by atoms with van der Waals surface area (Å²) in [5.74, 6) is 0.249. The fourth-order valence-corrected chi connectivity index (χ4v) is 1.15. The summed E-state index contributed by atoms with van der Waals surface area (Å²) >= 11 is 0. The van der Waals surface area contributed by atoms with Gasteiger partial charge in [-0.3, -0.25) is 4.57 Å². The Morgan fingerprint density at radius 2 is 2.07 bits per heavy atom. The highest BCUT2D eigenvalue weighted by molar-refractivity contribution is 5.24. The third kappa shape index (κ3) is 2.12. The molecule has 0 saturated heterocycles. The Bertz CT molecular complexity index is 438. The van der Waals surface area contributed by atoms with Gasteiger partial charge in [0.25, 0.3) is 0 Å². The molecule has 0 aliphatic carbocycles. The highest BCUT2D eigenvalue weighted by Crippen LogP contribution is 2.18. The van der Waals surface area contributed by atoms with Crippen molar-refractivity contribution in [2.75, 3.05) is 0 Å². The van der Waals surface area contributed by atoms with Gasteiger partial charge in [-0.15, -0.1) is 5.10 Å². The van der Waals surface area contributed by atoms with E-state index in [9.17, 15) is 4.39 Å². The van der Waals surface area contributed by atoms with E-state index in [2.05, 4.69) is 10.2 Å². The Kier molecular flexibility index (Phi) is 2.62. The molecule has 4 nitrogen and oxygen atoms in total. The Balaban J connectivity index is 2.18. The van der Waals surface area contributed by atoms with Crippen LogP contribution in [0.1, 0.15) is 6.92 Å². The lowest BCUT2D eigenvalue weighted by Gasteiger charge is -2.04. The maximum Gasteiger partial charge on any atom is 0.322 e. The van der Waals surface area contributed by atoms with E-state index in [1.54, 1.807) is 23.0 Å². The van der Waals surface area contributed by atoms with E-state index in [-0.39, 0.29) is 5.82 Å². The first-order chi connectivity index (χ1) is 7.29. The number of aryl methyl sites for hydroxylation is 1. The van der Waals surface area contributed by atoms with Gasteiger partial charge in [-0.25, -0.2) is 4.39 Å². The van der Waals surface area contributed by atoms with Gasteiger partial charge >= 0.3 is 6.01 Å². The molecule has 0 saturated carbocycles. The largest absolute Gasteiger partial charge is 0.424 e. The minimum Gasteiger partial charge on any atom is -0.424 e. The van der Waals surface area contributed by atoms with Crippen molar-refractivity contribution in [3.63, 3.8) is 0 Å². The number of aromatic nitrogens is 3. The smallest absolute Gasteiger partial charge is 0.322 e. The second kappa shape index (κ2) is 4.08. The third-order valence-electron chi connectivity index (χ3n) is 1.94. The SMILES string of the molecule is CCn1cnnc1Oc1ccc(F)cc1. The fraction of sp³-hybridized carbons (Fsp3) is 0.200. The van der Waals surface area contributed by atoms with Gasteiger partial charge in [0, 0.05) is 6.54 Å². The number of nitrogens with zero attached hydrogens (tertiary/aromatic N) is 3. The molecule has 1 aromatic heterocycles. The van der Waals surface area contributed by atoms with Crippen LogP contribution in [0.2, 0.25) is 0 Å². The van der Waals surface area contributed by atoms with Gasteiger partial charge in [0.2, 0.25) is 0 Å². The summed E-state index contributed by atoms with van der Waals surface area (Å²) in [6, 6.07) is 6.17. The normalized spacial score (nSPS) is 10.3. The Morgan fingerprint density at radius 3 is 2.73 bits per heavy atom. The zero-order valence-electron chi connectivity index (χ0n) is 8.22. The minimum absolute atomic E-state index is 0.292. The van der Waals surface area contributed by atoms with Gasteiger partial charge < -0.3 is 4.74 Å². The molecule has 0 amide bonds. The second-order valence-corrected chi connectivity index (χ2v) is 2.96. The van der Waals surface area contributed by atoms with E-state index in [1.165, 1.54) is 12.1 Å². The molecular weight excluding hydrogens is 197 g/mol. The number of hydrogen-bond donors (Lipinski definition) is 0. The molecule has 0 fully saturated rings. The molecule has 15 heavy (non-hydrogen) atoms. The summed E-state index contributed by atoms with van der Waals surface area (Å²) in [4.78, 5) is 0.